The van der Waals surface area contributed by atoms with Crippen LogP contribution in [0, 0.1) is 12.7 Å². The molecule has 0 bridgehead atoms. The van der Waals surface area contributed by atoms with Crippen LogP contribution < -0.4 is 15.4 Å². The monoisotopic (exact) mass is 374 g/mol. The van der Waals surface area contributed by atoms with Crippen LogP contribution in [0.25, 0.3) is 6.08 Å². The molecule has 0 atom stereocenters. The first kappa shape index (κ1) is 17.8. The molecule has 140 valence electrons. The summed E-state index contributed by atoms with van der Waals surface area (Å²) in [6.07, 6.45) is 1.73. The number of benzene rings is 3. The molecule has 0 fully saturated rings. The van der Waals surface area contributed by atoms with Crippen LogP contribution >= 0.6 is 0 Å². The van der Waals surface area contributed by atoms with Gasteiger partial charge in [0.15, 0.2) is 11.5 Å². The van der Waals surface area contributed by atoms with Crippen LogP contribution in [0.15, 0.2) is 72.5 Å². The number of fused-ring (bicyclic) bond motifs is 1. The van der Waals surface area contributed by atoms with Crippen LogP contribution in [0.4, 0.5) is 15.8 Å². The third kappa shape index (κ3) is 3.60. The van der Waals surface area contributed by atoms with Crippen molar-refractivity contribution in [3.8, 4) is 5.75 Å². The van der Waals surface area contributed by atoms with Gasteiger partial charge in [0, 0.05) is 5.69 Å². The standard InChI is InChI=1S/C23H19FN2O2/c1-15-3-2-4-17(11-15)12-22-23(27)26(14-16-5-7-18(24)8-6-16)20-13-19(25)9-10-21(20)28-22/h2-13H,14,25H2,1H3/b22-12+. The van der Waals surface area contributed by atoms with Gasteiger partial charge >= 0.3 is 0 Å². The van der Waals surface area contributed by atoms with Gasteiger partial charge in [0.25, 0.3) is 5.91 Å². The molecule has 5 heteroatoms. The Hall–Kier alpha value is -3.60. The zero-order valence-electron chi connectivity index (χ0n) is 15.4. The van der Waals surface area contributed by atoms with Crippen molar-refractivity contribution in [2.75, 3.05) is 10.6 Å². The number of rotatable bonds is 3. The fourth-order valence-corrected chi connectivity index (χ4v) is 3.17. The molecule has 1 aliphatic rings. The largest absolute Gasteiger partial charge is 0.449 e. The Labute approximate surface area is 162 Å². The van der Waals surface area contributed by atoms with Gasteiger partial charge in [-0.15, -0.1) is 0 Å². The fourth-order valence-electron chi connectivity index (χ4n) is 3.17. The third-order valence-electron chi connectivity index (χ3n) is 4.54. The zero-order valence-corrected chi connectivity index (χ0v) is 15.4. The van der Waals surface area contributed by atoms with Crippen molar-refractivity contribution in [3.63, 3.8) is 0 Å². The minimum Gasteiger partial charge on any atom is -0.449 e. The first-order chi connectivity index (χ1) is 13.5. The van der Waals surface area contributed by atoms with E-state index < -0.39 is 0 Å². The lowest BCUT2D eigenvalue weighted by Crippen LogP contribution is -2.36. The normalized spacial score (nSPS) is 14.7. The van der Waals surface area contributed by atoms with E-state index >= 15 is 0 Å². The van der Waals surface area contributed by atoms with E-state index in [4.69, 9.17) is 10.5 Å². The number of ether oxygens (including phenoxy) is 1. The molecule has 3 aromatic rings. The van der Waals surface area contributed by atoms with Crippen LogP contribution in [0.3, 0.4) is 0 Å². The van der Waals surface area contributed by atoms with E-state index in [1.165, 1.54) is 12.1 Å². The lowest BCUT2D eigenvalue weighted by molar-refractivity contribution is -0.117. The SMILES string of the molecule is Cc1cccc(/C=C2/Oc3ccc(N)cc3N(Cc3ccc(F)cc3)C2=O)c1. The Morgan fingerprint density at radius 3 is 2.61 bits per heavy atom. The Bertz CT molecular complexity index is 1070. The van der Waals surface area contributed by atoms with Crippen molar-refractivity contribution >= 4 is 23.4 Å². The Kier molecular flexibility index (Phi) is 4.57. The summed E-state index contributed by atoms with van der Waals surface area (Å²) in [5.41, 5.74) is 9.82. The molecule has 0 radical (unpaired) electrons. The number of hydrogen-bond donors (Lipinski definition) is 1. The lowest BCUT2D eigenvalue weighted by atomic mass is 10.1. The van der Waals surface area contributed by atoms with Gasteiger partial charge in [-0.05, 0) is 54.5 Å². The summed E-state index contributed by atoms with van der Waals surface area (Å²) in [5, 5.41) is 0. The van der Waals surface area contributed by atoms with Crippen LogP contribution in [0.1, 0.15) is 16.7 Å². The fraction of sp³-hybridized carbons (Fsp3) is 0.0870. The Balaban J connectivity index is 1.75. The highest BCUT2D eigenvalue weighted by atomic mass is 19.1. The minimum absolute atomic E-state index is 0.227. The first-order valence-electron chi connectivity index (χ1n) is 8.92. The quantitative estimate of drug-likeness (QED) is 0.535. The van der Waals surface area contributed by atoms with Crippen LogP contribution in [0.2, 0.25) is 0 Å². The summed E-state index contributed by atoms with van der Waals surface area (Å²) in [6.45, 7) is 2.27. The van der Waals surface area contributed by atoms with E-state index in [0.29, 0.717) is 17.1 Å². The molecule has 0 saturated heterocycles. The molecular weight excluding hydrogens is 355 g/mol. The van der Waals surface area contributed by atoms with Gasteiger partial charge in [0.1, 0.15) is 5.82 Å². The number of nitrogens with zero attached hydrogens (tertiary/aromatic N) is 1. The van der Waals surface area contributed by atoms with E-state index in [-0.39, 0.29) is 24.0 Å². The highest BCUT2D eigenvalue weighted by Gasteiger charge is 2.30. The molecule has 0 aliphatic carbocycles. The summed E-state index contributed by atoms with van der Waals surface area (Å²) in [6, 6.07) is 19.1. The highest BCUT2D eigenvalue weighted by Crippen LogP contribution is 2.38. The molecule has 0 aromatic heterocycles. The van der Waals surface area contributed by atoms with Crippen LogP contribution in [-0.2, 0) is 11.3 Å². The minimum atomic E-state index is -0.318. The lowest BCUT2D eigenvalue weighted by Gasteiger charge is -2.31. The predicted octanol–water partition coefficient (Wildman–Crippen LogP) is 4.68. The third-order valence-corrected chi connectivity index (χ3v) is 4.54. The molecule has 0 spiro atoms. The van der Waals surface area contributed by atoms with Crippen molar-refractivity contribution in [3.05, 3.63) is 95.0 Å². The van der Waals surface area contributed by atoms with Gasteiger partial charge < -0.3 is 10.5 Å². The average Bonchev–Trinajstić information content (AvgIpc) is 2.67. The summed E-state index contributed by atoms with van der Waals surface area (Å²) in [7, 11) is 0. The molecule has 0 unspecified atom stereocenters. The summed E-state index contributed by atoms with van der Waals surface area (Å²) >= 11 is 0. The number of aryl methyl sites for hydroxylation is 1. The first-order valence-corrected chi connectivity index (χ1v) is 8.92. The van der Waals surface area contributed by atoms with Gasteiger partial charge in [0.05, 0.1) is 12.2 Å². The van der Waals surface area contributed by atoms with Gasteiger partial charge in [-0.1, -0.05) is 42.0 Å². The van der Waals surface area contributed by atoms with E-state index in [1.54, 1.807) is 41.3 Å². The molecule has 1 aliphatic heterocycles. The molecule has 1 amide bonds. The molecule has 28 heavy (non-hydrogen) atoms. The predicted molar refractivity (Wildman–Crippen MR) is 108 cm³/mol. The van der Waals surface area contributed by atoms with Crippen molar-refractivity contribution in [1.29, 1.82) is 0 Å². The molecule has 4 rings (SSSR count). The van der Waals surface area contributed by atoms with Gasteiger partial charge in [0.2, 0.25) is 0 Å². The number of amides is 1. The van der Waals surface area contributed by atoms with Crippen molar-refractivity contribution in [2.24, 2.45) is 0 Å². The number of halogens is 1. The highest BCUT2D eigenvalue weighted by molar-refractivity contribution is 6.10. The van der Waals surface area contributed by atoms with E-state index in [2.05, 4.69) is 0 Å². The molecule has 1 heterocycles. The maximum absolute atomic E-state index is 13.2. The summed E-state index contributed by atoms with van der Waals surface area (Å²) < 4.78 is 19.1. The second-order valence-corrected chi connectivity index (χ2v) is 6.77. The zero-order chi connectivity index (χ0) is 19.7. The van der Waals surface area contributed by atoms with Crippen LogP contribution in [-0.4, -0.2) is 5.91 Å². The number of anilines is 2. The molecule has 2 N–H and O–H groups in total. The average molecular weight is 374 g/mol. The maximum atomic E-state index is 13.2. The van der Waals surface area contributed by atoms with Crippen molar-refractivity contribution in [2.45, 2.75) is 13.5 Å². The molecule has 0 saturated carbocycles. The number of hydrogen-bond acceptors (Lipinski definition) is 3. The number of carbonyl (C=O) groups excluding carboxylic acids is 1. The van der Waals surface area contributed by atoms with Gasteiger partial charge in [-0.3, -0.25) is 9.69 Å². The number of nitrogen functional groups attached to an aromatic ring is 1. The second-order valence-electron chi connectivity index (χ2n) is 6.77. The van der Waals surface area contributed by atoms with E-state index in [0.717, 1.165) is 16.7 Å². The summed E-state index contributed by atoms with van der Waals surface area (Å²) in [4.78, 5) is 14.8. The molecular formula is C23H19FN2O2. The van der Waals surface area contributed by atoms with E-state index in [1.807, 2.05) is 31.2 Å². The topological polar surface area (TPSA) is 55.6 Å². The maximum Gasteiger partial charge on any atom is 0.294 e. The van der Waals surface area contributed by atoms with Gasteiger partial charge in [-0.2, -0.15) is 0 Å². The van der Waals surface area contributed by atoms with Crippen molar-refractivity contribution < 1.29 is 13.9 Å². The van der Waals surface area contributed by atoms with Crippen LogP contribution in [0.5, 0.6) is 5.75 Å². The Morgan fingerprint density at radius 1 is 1.07 bits per heavy atom. The smallest absolute Gasteiger partial charge is 0.294 e. The Morgan fingerprint density at radius 2 is 1.86 bits per heavy atom. The number of carbonyl (C=O) groups is 1. The molecule has 3 aromatic carbocycles. The van der Waals surface area contributed by atoms with E-state index in [9.17, 15) is 9.18 Å². The van der Waals surface area contributed by atoms with Gasteiger partial charge in [-0.25, -0.2) is 4.39 Å². The second kappa shape index (κ2) is 7.19. The van der Waals surface area contributed by atoms with Crippen molar-refractivity contribution in [1.82, 2.24) is 0 Å². The summed E-state index contributed by atoms with van der Waals surface area (Å²) in [5.74, 6) is 0.186. The molecule has 4 nitrogen and oxygen atoms in total. The number of nitrogens with two attached hydrogens (primary N) is 1.